The summed E-state index contributed by atoms with van der Waals surface area (Å²) in [5, 5.41) is 0. The summed E-state index contributed by atoms with van der Waals surface area (Å²) >= 11 is 0. The Hall–Kier alpha value is -2.87. The van der Waals surface area contributed by atoms with E-state index in [1.165, 1.54) is 0 Å². The number of nitrogens with zero attached hydrogens (tertiary/aromatic N) is 3. The third kappa shape index (κ3) is 3.97. The lowest BCUT2D eigenvalue weighted by atomic mass is 9.93. The molecule has 0 saturated heterocycles. The molecule has 1 aliphatic heterocycles. The number of carbonyl (C=O) groups is 1. The van der Waals surface area contributed by atoms with Gasteiger partial charge in [-0.3, -0.25) is 9.78 Å². The maximum absolute atomic E-state index is 12.5. The van der Waals surface area contributed by atoms with Crippen LogP contribution < -0.4 is 5.73 Å². The molecule has 2 N–H and O–H groups in total. The van der Waals surface area contributed by atoms with Gasteiger partial charge < -0.3 is 10.6 Å². The summed E-state index contributed by atoms with van der Waals surface area (Å²) in [6, 6.07) is 7.39. The van der Waals surface area contributed by atoms with E-state index < -0.39 is 0 Å². The number of carbonyl (C=O) groups excluding carboxylic acids is 1. The Morgan fingerprint density at radius 1 is 1.28 bits per heavy atom. The van der Waals surface area contributed by atoms with Crippen molar-refractivity contribution in [1.82, 2.24) is 14.9 Å². The molecule has 2 aromatic rings. The highest BCUT2D eigenvalue weighted by molar-refractivity contribution is 5.81. The number of nitrogen functional groups attached to an aromatic ring is 1. The van der Waals surface area contributed by atoms with Crippen molar-refractivity contribution in [1.29, 1.82) is 0 Å². The summed E-state index contributed by atoms with van der Waals surface area (Å²) in [5.41, 5.74) is 8.85. The lowest BCUT2D eigenvalue weighted by molar-refractivity contribution is -0.140. The SMILES string of the molecule is CC(C)(C)C(=O)N1CCc2ncc(C#Cc3cccc(N)n3)cc2C1. The van der Waals surface area contributed by atoms with Gasteiger partial charge in [-0.25, -0.2) is 4.98 Å². The molecule has 128 valence electrons. The number of nitrogens with two attached hydrogens (primary N) is 1. The van der Waals surface area contributed by atoms with Crippen LogP contribution in [0.5, 0.6) is 0 Å². The largest absolute Gasteiger partial charge is 0.384 e. The summed E-state index contributed by atoms with van der Waals surface area (Å²) in [5.74, 6) is 6.70. The fraction of sp³-hybridized carbons (Fsp3) is 0.350. The van der Waals surface area contributed by atoms with Gasteiger partial charge in [-0.05, 0) is 29.7 Å². The number of aromatic nitrogens is 2. The molecule has 3 heterocycles. The third-order valence-corrected chi connectivity index (χ3v) is 4.07. The second kappa shape index (κ2) is 6.56. The van der Waals surface area contributed by atoms with Crippen LogP contribution in [0.3, 0.4) is 0 Å². The van der Waals surface area contributed by atoms with Crippen LogP contribution in [0.25, 0.3) is 0 Å². The molecule has 0 unspecified atom stereocenters. The normalized spacial score (nSPS) is 13.6. The predicted molar refractivity (Wildman–Crippen MR) is 97.4 cm³/mol. The van der Waals surface area contributed by atoms with Crippen molar-refractivity contribution in [2.24, 2.45) is 5.41 Å². The molecule has 0 aliphatic carbocycles. The van der Waals surface area contributed by atoms with Crippen molar-refractivity contribution in [3.05, 3.63) is 53.0 Å². The van der Waals surface area contributed by atoms with Gasteiger partial charge in [0.05, 0.1) is 0 Å². The molecule has 0 saturated carbocycles. The first-order chi connectivity index (χ1) is 11.8. The zero-order valence-corrected chi connectivity index (χ0v) is 14.8. The summed E-state index contributed by atoms with van der Waals surface area (Å²) in [6.45, 7) is 7.15. The van der Waals surface area contributed by atoms with Crippen molar-refractivity contribution in [2.45, 2.75) is 33.7 Å². The molecular formula is C20H22N4O. The number of pyridine rings is 2. The lowest BCUT2D eigenvalue weighted by Gasteiger charge is -2.33. The molecule has 0 radical (unpaired) electrons. The first kappa shape index (κ1) is 17.0. The molecule has 5 nitrogen and oxygen atoms in total. The molecule has 0 atom stereocenters. The van der Waals surface area contributed by atoms with E-state index in [9.17, 15) is 4.79 Å². The van der Waals surface area contributed by atoms with Gasteiger partial charge in [0.15, 0.2) is 0 Å². The number of hydrogen-bond acceptors (Lipinski definition) is 4. The summed E-state index contributed by atoms with van der Waals surface area (Å²) in [6.07, 6.45) is 2.56. The maximum Gasteiger partial charge on any atom is 0.228 e. The van der Waals surface area contributed by atoms with Gasteiger partial charge in [0, 0.05) is 42.4 Å². The molecule has 0 aromatic carbocycles. The Bertz CT molecular complexity index is 871. The molecular weight excluding hydrogens is 312 g/mol. The predicted octanol–water partition coefficient (Wildman–Crippen LogP) is 2.39. The second-order valence-corrected chi connectivity index (χ2v) is 7.25. The first-order valence-electron chi connectivity index (χ1n) is 8.35. The van der Waals surface area contributed by atoms with Crippen molar-refractivity contribution in [3.8, 4) is 11.8 Å². The van der Waals surface area contributed by atoms with Gasteiger partial charge in [-0.15, -0.1) is 0 Å². The molecule has 5 heteroatoms. The average molecular weight is 334 g/mol. The van der Waals surface area contributed by atoms with Gasteiger partial charge in [-0.2, -0.15) is 0 Å². The topological polar surface area (TPSA) is 72.1 Å². The highest BCUT2D eigenvalue weighted by Gasteiger charge is 2.29. The van der Waals surface area contributed by atoms with Crippen molar-refractivity contribution >= 4 is 11.7 Å². The first-order valence-corrected chi connectivity index (χ1v) is 8.35. The van der Waals surface area contributed by atoms with Gasteiger partial charge >= 0.3 is 0 Å². The van der Waals surface area contributed by atoms with Gasteiger partial charge in [0.25, 0.3) is 0 Å². The Morgan fingerprint density at radius 2 is 2.08 bits per heavy atom. The number of fused-ring (bicyclic) bond motifs is 1. The molecule has 1 aliphatic rings. The van der Waals surface area contributed by atoms with Crippen LogP contribution in [0.4, 0.5) is 5.82 Å². The second-order valence-electron chi connectivity index (χ2n) is 7.25. The molecule has 1 amide bonds. The van der Waals surface area contributed by atoms with Crippen LogP contribution in [0, 0.1) is 17.3 Å². The minimum atomic E-state index is -0.374. The Morgan fingerprint density at radius 3 is 2.80 bits per heavy atom. The molecule has 0 fully saturated rings. The summed E-state index contributed by atoms with van der Waals surface area (Å²) in [7, 11) is 0. The molecule has 0 spiro atoms. The number of hydrogen-bond donors (Lipinski definition) is 1. The van der Waals surface area contributed by atoms with Crippen molar-refractivity contribution in [2.75, 3.05) is 12.3 Å². The fourth-order valence-corrected chi connectivity index (χ4v) is 2.80. The Balaban J connectivity index is 1.82. The van der Waals surface area contributed by atoms with E-state index in [1.54, 1.807) is 12.3 Å². The summed E-state index contributed by atoms with van der Waals surface area (Å²) < 4.78 is 0. The number of anilines is 1. The van der Waals surface area contributed by atoms with E-state index in [0.29, 0.717) is 24.6 Å². The van der Waals surface area contributed by atoms with E-state index in [4.69, 9.17) is 5.73 Å². The quantitative estimate of drug-likeness (QED) is 0.751. The van der Waals surface area contributed by atoms with Crippen LogP contribution in [0.1, 0.15) is 43.3 Å². The van der Waals surface area contributed by atoms with E-state index in [-0.39, 0.29) is 11.3 Å². The molecule has 25 heavy (non-hydrogen) atoms. The average Bonchev–Trinajstić information content (AvgIpc) is 2.58. The highest BCUT2D eigenvalue weighted by Crippen LogP contribution is 2.24. The minimum absolute atomic E-state index is 0.165. The van der Waals surface area contributed by atoms with Crippen LogP contribution in [-0.4, -0.2) is 27.3 Å². The molecule has 2 aromatic heterocycles. The smallest absolute Gasteiger partial charge is 0.228 e. The maximum atomic E-state index is 12.5. The van der Waals surface area contributed by atoms with Crippen molar-refractivity contribution in [3.63, 3.8) is 0 Å². The van der Waals surface area contributed by atoms with E-state index in [2.05, 4.69) is 21.8 Å². The number of rotatable bonds is 0. The van der Waals surface area contributed by atoms with E-state index in [0.717, 1.165) is 23.2 Å². The van der Waals surface area contributed by atoms with Crippen LogP contribution in [0.15, 0.2) is 30.5 Å². The monoisotopic (exact) mass is 334 g/mol. The lowest BCUT2D eigenvalue weighted by Crippen LogP contribution is -2.42. The third-order valence-electron chi connectivity index (χ3n) is 4.07. The number of amides is 1. The Labute approximate surface area is 148 Å². The van der Waals surface area contributed by atoms with Crippen LogP contribution in [0.2, 0.25) is 0 Å². The van der Waals surface area contributed by atoms with Crippen molar-refractivity contribution < 1.29 is 4.79 Å². The minimum Gasteiger partial charge on any atom is -0.384 e. The fourth-order valence-electron chi connectivity index (χ4n) is 2.80. The summed E-state index contributed by atoms with van der Waals surface area (Å²) in [4.78, 5) is 23.1. The highest BCUT2D eigenvalue weighted by atomic mass is 16.2. The van der Waals surface area contributed by atoms with E-state index >= 15 is 0 Å². The zero-order valence-electron chi connectivity index (χ0n) is 14.8. The Kier molecular flexibility index (Phi) is 4.45. The van der Waals surface area contributed by atoms with Gasteiger partial charge in [-0.1, -0.05) is 32.8 Å². The molecule has 0 bridgehead atoms. The van der Waals surface area contributed by atoms with Crippen LogP contribution in [-0.2, 0) is 17.8 Å². The zero-order chi connectivity index (χ0) is 18.0. The van der Waals surface area contributed by atoms with Gasteiger partial charge in [0.2, 0.25) is 5.91 Å². The van der Waals surface area contributed by atoms with Crippen LogP contribution >= 0.6 is 0 Å². The standard InChI is InChI=1S/C20H22N4O/c1-20(2,3)19(25)24-10-9-17-15(13-24)11-14(12-22-17)7-8-16-5-4-6-18(21)23-16/h4-6,11-12H,9-10,13H2,1-3H3,(H2,21,23). The van der Waals surface area contributed by atoms with E-state index in [1.807, 2.05) is 43.9 Å². The molecule has 3 rings (SSSR count). The van der Waals surface area contributed by atoms with Gasteiger partial charge in [0.1, 0.15) is 11.5 Å².